The summed E-state index contributed by atoms with van der Waals surface area (Å²) in [4.78, 5) is 13.2. The molecule has 5 heteroatoms. The van der Waals surface area contributed by atoms with E-state index in [0.717, 1.165) is 15.9 Å². The van der Waals surface area contributed by atoms with Crippen LogP contribution in [0.25, 0.3) is 0 Å². The van der Waals surface area contributed by atoms with Gasteiger partial charge in [0.2, 0.25) is 0 Å². The molecule has 0 aliphatic heterocycles. The van der Waals surface area contributed by atoms with Gasteiger partial charge in [0.25, 0.3) is 5.91 Å². The second-order valence-electron chi connectivity index (χ2n) is 7.05. The minimum absolute atomic E-state index is 0. The Labute approximate surface area is 195 Å². The third kappa shape index (κ3) is 4.45. The van der Waals surface area contributed by atoms with Gasteiger partial charge in [0.1, 0.15) is 15.9 Å². The summed E-state index contributed by atoms with van der Waals surface area (Å²) in [6.07, 6.45) is 1.56. The molecule has 0 unspecified atom stereocenters. The van der Waals surface area contributed by atoms with E-state index < -0.39 is 7.26 Å². The maximum Gasteiger partial charge on any atom is 0.258 e. The molecule has 0 atom stereocenters. The van der Waals surface area contributed by atoms with Gasteiger partial charge in [-0.1, -0.05) is 72.8 Å². The zero-order valence-electron chi connectivity index (χ0n) is 17.4. The van der Waals surface area contributed by atoms with Gasteiger partial charge in [0.05, 0.1) is 6.20 Å². The van der Waals surface area contributed by atoms with Gasteiger partial charge in [-0.05, 0) is 48.5 Å². The van der Waals surface area contributed by atoms with Crippen molar-refractivity contribution < 1.29 is 17.2 Å². The Morgan fingerprint density at radius 3 is 1.31 bits per heavy atom. The lowest BCUT2D eigenvalue weighted by Gasteiger charge is -2.29. The zero-order chi connectivity index (χ0) is 21.5. The number of nitrogens with two attached hydrogens (primary N) is 1. The molecule has 4 rings (SSSR count). The van der Waals surface area contributed by atoms with E-state index in [1.165, 1.54) is 0 Å². The normalized spacial score (nSPS) is 11.3. The Kier molecular flexibility index (Phi) is 7.83. The monoisotopic (exact) mass is 458 g/mol. The quantitative estimate of drug-likeness (QED) is 0.426. The molecule has 0 aromatic heterocycles. The van der Waals surface area contributed by atoms with Crippen LogP contribution in [0.15, 0.2) is 133 Å². The van der Waals surface area contributed by atoms with Crippen molar-refractivity contribution in [2.24, 2.45) is 5.73 Å². The third-order valence-corrected chi connectivity index (χ3v) is 9.43. The van der Waals surface area contributed by atoms with Crippen molar-refractivity contribution in [1.82, 2.24) is 5.32 Å². The Morgan fingerprint density at radius 2 is 0.969 bits per heavy atom. The fourth-order valence-electron chi connectivity index (χ4n) is 3.83. The number of halogens is 1. The van der Waals surface area contributed by atoms with Crippen molar-refractivity contribution in [3.63, 3.8) is 0 Å². The van der Waals surface area contributed by atoms with Crippen molar-refractivity contribution in [2.75, 3.05) is 0 Å². The van der Waals surface area contributed by atoms with Crippen LogP contribution in [0.2, 0.25) is 0 Å². The zero-order valence-corrected chi connectivity index (χ0v) is 19.1. The molecule has 0 heterocycles. The van der Waals surface area contributed by atoms with E-state index in [-0.39, 0.29) is 18.3 Å². The number of nitrogens with one attached hydrogen (secondary N) is 1. The van der Waals surface area contributed by atoms with Crippen molar-refractivity contribution >= 4 is 29.1 Å². The predicted molar refractivity (Wildman–Crippen MR) is 131 cm³/mol. The molecule has 3 nitrogen and oxygen atoms in total. The number of carbonyl (C=O) groups is 1. The van der Waals surface area contributed by atoms with Crippen LogP contribution < -0.4 is 39.4 Å². The Balaban J connectivity index is 0.00000289. The summed E-state index contributed by atoms with van der Waals surface area (Å²) in [5.41, 5.74) is 7.55. The summed E-state index contributed by atoms with van der Waals surface area (Å²) in [7, 11) is -2.43. The number of rotatable bonds is 6. The minimum atomic E-state index is -2.43. The van der Waals surface area contributed by atoms with Gasteiger partial charge in [-0.15, -0.1) is 0 Å². The second-order valence-corrected chi connectivity index (χ2v) is 10.4. The van der Waals surface area contributed by atoms with E-state index in [2.05, 4.69) is 41.7 Å². The van der Waals surface area contributed by atoms with E-state index >= 15 is 0 Å². The largest absolute Gasteiger partial charge is 1.00 e. The molecule has 0 spiro atoms. The number of hydrogen-bond acceptors (Lipinski definition) is 2. The summed E-state index contributed by atoms with van der Waals surface area (Å²) < 4.78 is 0. The molecule has 0 saturated carbocycles. The van der Waals surface area contributed by atoms with Crippen LogP contribution in [0, 0.1) is 0 Å². The average molecular weight is 459 g/mol. The van der Waals surface area contributed by atoms with Gasteiger partial charge in [0.15, 0.2) is 12.7 Å². The van der Waals surface area contributed by atoms with Crippen molar-refractivity contribution in [3.05, 3.63) is 139 Å². The van der Waals surface area contributed by atoms with E-state index in [0.29, 0.717) is 11.0 Å². The summed E-state index contributed by atoms with van der Waals surface area (Å²) in [5, 5.41) is 6.53. The minimum Gasteiger partial charge on any atom is -1.00 e. The number of hydrogen-bond donors (Lipinski definition) is 2. The standard InChI is InChI=1S/C27H23N2OP.ClH/c28-21-26(29-27(30)22-13-5-1-6-14-22)31(23-15-7-2-8-16-23,24-17-9-3-10-18-24)25-19-11-4-12-20-25;/h1-21H,28H2;1H/b26-21+;. The highest BCUT2D eigenvalue weighted by Crippen LogP contribution is 2.61. The molecule has 0 bridgehead atoms. The molecule has 3 N–H and O–H groups in total. The first-order valence-corrected chi connectivity index (χ1v) is 11.9. The smallest absolute Gasteiger partial charge is 0.258 e. The molecule has 160 valence electrons. The third-order valence-electron chi connectivity index (χ3n) is 5.23. The van der Waals surface area contributed by atoms with Crippen LogP contribution in [-0.4, -0.2) is 5.91 Å². The summed E-state index contributed by atoms with van der Waals surface area (Å²) in [6, 6.07) is 40.1. The van der Waals surface area contributed by atoms with Crippen molar-refractivity contribution in [2.45, 2.75) is 0 Å². The molecule has 0 aliphatic carbocycles. The molecule has 4 aromatic carbocycles. The summed E-state index contributed by atoms with van der Waals surface area (Å²) in [6.45, 7) is 0. The summed E-state index contributed by atoms with van der Waals surface area (Å²) in [5.74, 6) is -0.176. The van der Waals surface area contributed by atoms with Gasteiger partial charge < -0.3 is 18.1 Å². The average Bonchev–Trinajstić information content (AvgIpc) is 2.86. The Morgan fingerprint density at radius 1 is 0.625 bits per heavy atom. The second kappa shape index (κ2) is 10.8. The van der Waals surface area contributed by atoms with Gasteiger partial charge in [0, 0.05) is 5.56 Å². The Bertz CT molecular complexity index is 1070. The van der Waals surface area contributed by atoms with E-state index in [1.807, 2.05) is 72.8 Å². The van der Waals surface area contributed by atoms with Gasteiger partial charge in [-0.3, -0.25) is 10.1 Å². The molecule has 32 heavy (non-hydrogen) atoms. The van der Waals surface area contributed by atoms with Crippen LogP contribution in [-0.2, 0) is 0 Å². The van der Waals surface area contributed by atoms with Crippen molar-refractivity contribution in [3.8, 4) is 0 Å². The lowest BCUT2D eigenvalue weighted by Crippen LogP contribution is -3.00. The SMILES string of the molecule is N/C=C(\NC(=O)c1ccccc1)[P+](c1ccccc1)(c1ccccc1)c1ccccc1.[Cl-]. The first-order chi connectivity index (χ1) is 15.3. The summed E-state index contributed by atoms with van der Waals surface area (Å²) >= 11 is 0. The molecular weight excluding hydrogens is 435 g/mol. The molecule has 4 aromatic rings. The van der Waals surface area contributed by atoms with Crippen LogP contribution >= 0.6 is 7.26 Å². The highest BCUT2D eigenvalue weighted by atomic mass is 35.5. The van der Waals surface area contributed by atoms with E-state index in [1.54, 1.807) is 18.3 Å². The predicted octanol–water partition coefficient (Wildman–Crippen LogP) is 1.17. The molecule has 0 saturated heterocycles. The van der Waals surface area contributed by atoms with Crippen LogP contribution in [0.5, 0.6) is 0 Å². The highest BCUT2D eigenvalue weighted by Gasteiger charge is 2.50. The number of carbonyl (C=O) groups excluding carboxylic acids is 1. The lowest BCUT2D eigenvalue weighted by molar-refractivity contribution is -0.0000143. The molecule has 0 aliphatic rings. The van der Waals surface area contributed by atoms with Crippen LogP contribution in [0.3, 0.4) is 0 Å². The number of benzene rings is 4. The first-order valence-electron chi connectivity index (χ1n) is 10.1. The van der Waals surface area contributed by atoms with Gasteiger partial charge in [-0.25, -0.2) is 0 Å². The maximum absolute atomic E-state index is 13.2. The van der Waals surface area contributed by atoms with E-state index in [9.17, 15) is 4.79 Å². The van der Waals surface area contributed by atoms with E-state index in [4.69, 9.17) is 5.73 Å². The lowest BCUT2D eigenvalue weighted by atomic mass is 10.2. The molecule has 0 radical (unpaired) electrons. The Hall–Kier alpha value is -3.39. The topological polar surface area (TPSA) is 55.1 Å². The van der Waals surface area contributed by atoms with Crippen molar-refractivity contribution in [1.29, 1.82) is 0 Å². The van der Waals surface area contributed by atoms with Gasteiger partial charge in [-0.2, -0.15) is 0 Å². The molecule has 1 amide bonds. The first kappa shape index (κ1) is 23.3. The fourth-order valence-corrected chi connectivity index (χ4v) is 7.91. The maximum atomic E-state index is 13.2. The fraction of sp³-hybridized carbons (Fsp3) is 0. The number of amides is 1. The molecule has 0 fully saturated rings. The van der Waals surface area contributed by atoms with Crippen LogP contribution in [0.4, 0.5) is 0 Å². The highest BCUT2D eigenvalue weighted by molar-refractivity contribution is 7.99. The van der Waals surface area contributed by atoms with Crippen LogP contribution in [0.1, 0.15) is 10.4 Å². The molecular formula is C27H24ClN2OP. The van der Waals surface area contributed by atoms with Gasteiger partial charge >= 0.3 is 0 Å².